The third-order valence-corrected chi connectivity index (χ3v) is 3.64. The van der Waals surface area contributed by atoms with E-state index in [9.17, 15) is 0 Å². The van der Waals surface area contributed by atoms with E-state index >= 15 is 0 Å². The zero-order valence-corrected chi connectivity index (χ0v) is 13.5. The first-order chi connectivity index (χ1) is 11.2. The first-order valence-corrected chi connectivity index (χ1v) is 7.88. The molecule has 124 valence electrons. The lowest BCUT2D eigenvalue weighted by atomic mass is 10.2. The third kappa shape index (κ3) is 4.46. The minimum atomic E-state index is 0.0956. The lowest BCUT2D eigenvalue weighted by Gasteiger charge is -2.32. The number of nitrogens with zero attached hydrogens (tertiary/aromatic N) is 5. The molecule has 23 heavy (non-hydrogen) atoms. The van der Waals surface area contributed by atoms with Gasteiger partial charge in [-0.25, -0.2) is 0 Å². The van der Waals surface area contributed by atoms with Crippen molar-refractivity contribution in [2.75, 3.05) is 31.6 Å². The molecule has 0 unspecified atom stereocenters. The van der Waals surface area contributed by atoms with Crippen molar-refractivity contribution in [3.8, 4) is 0 Å². The highest BCUT2D eigenvalue weighted by molar-refractivity contribution is 5.31. The average molecular weight is 318 g/mol. The summed E-state index contributed by atoms with van der Waals surface area (Å²) < 4.78 is 11.5. The summed E-state index contributed by atoms with van der Waals surface area (Å²) in [6, 6.07) is 3.74. The molecular weight excluding hydrogens is 296 g/mol. The van der Waals surface area contributed by atoms with Gasteiger partial charge in [-0.15, -0.1) is 15.3 Å². The molecular formula is C15H22N6O2. The molecule has 0 saturated carbocycles. The molecule has 1 aliphatic rings. The number of hydrogen-bond donors (Lipinski definition) is 1. The van der Waals surface area contributed by atoms with Crippen molar-refractivity contribution >= 4 is 5.82 Å². The van der Waals surface area contributed by atoms with Crippen molar-refractivity contribution < 1.29 is 9.15 Å². The van der Waals surface area contributed by atoms with Gasteiger partial charge in [0.15, 0.2) is 0 Å². The van der Waals surface area contributed by atoms with Crippen LogP contribution in [0.15, 0.2) is 22.7 Å². The van der Waals surface area contributed by atoms with Gasteiger partial charge < -0.3 is 14.5 Å². The fourth-order valence-electron chi connectivity index (χ4n) is 2.42. The van der Waals surface area contributed by atoms with Gasteiger partial charge in [-0.3, -0.25) is 4.90 Å². The van der Waals surface area contributed by atoms with Crippen LogP contribution >= 0.6 is 0 Å². The van der Waals surface area contributed by atoms with E-state index in [1.807, 2.05) is 26.0 Å². The molecule has 1 fully saturated rings. The summed E-state index contributed by atoms with van der Waals surface area (Å²) in [7, 11) is 0. The fourth-order valence-corrected chi connectivity index (χ4v) is 2.42. The number of hydrogen-bond acceptors (Lipinski definition) is 8. The maximum absolute atomic E-state index is 5.79. The number of rotatable bonds is 6. The van der Waals surface area contributed by atoms with E-state index in [1.54, 1.807) is 6.20 Å². The topological polar surface area (TPSA) is 89.2 Å². The normalized spacial score (nSPS) is 19.2. The van der Waals surface area contributed by atoms with Gasteiger partial charge in [0.05, 0.1) is 19.3 Å². The fraction of sp³-hybridized carbons (Fsp3) is 0.600. The summed E-state index contributed by atoms with van der Waals surface area (Å²) in [4.78, 5) is 2.27. The van der Waals surface area contributed by atoms with Crippen molar-refractivity contribution in [1.29, 1.82) is 0 Å². The minimum absolute atomic E-state index is 0.0956. The molecule has 2 aromatic rings. The molecule has 0 spiro atoms. The molecule has 2 aromatic heterocycles. The van der Waals surface area contributed by atoms with E-state index in [1.165, 1.54) is 0 Å². The smallest absolute Gasteiger partial charge is 0.230 e. The van der Waals surface area contributed by atoms with E-state index in [0.29, 0.717) is 31.5 Å². The van der Waals surface area contributed by atoms with Crippen LogP contribution in [0.25, 0.3) is 0 Å². The quantitative estimate of drug-likeness (QED) is 0.852. The van der Waals surface area contributed by atoms with Crippen molar-refractivity contribution in [3.63, 3.8) is 0 Å². The predicted molar refractivity (Wildman–Crippen MR) is 83.9 cm³/mol. The van der Waals surface area contributed by atoms with Gasteiger partial charge in [-0.05, 0) is 12.1 Å². The van der Waals surface area contributed by atoms with Crippen molar-refractivity contribution in [2.45, 2.75) is 32.4 Å². The Morgan fingerprint density at radius 3 is 3.00 bits per heavy atom. The number of anilines is 1. The zero-order chi connectivity index (χ0) is 16.1. The van der Waals surface area contributed by atoms with Crippen molar-refractivity contribution in [2.24, 2.45) is 0 Å². The Morgan fingerprint density at radius 2 is 2.26 bits per heavy atom. The minimum Gasteiger partial charge on any atom is -0.424 e. The lowest BCUT2D eigenvalue weighted by Crippen LogP contribution is -2.44. The predicted octanol–water partition coefficient (Wildman–Crippen LogP) is 1.30. The maximum Gasteiger partial charge on any atom is 0.230 e. The van der Waals surface area contributed by atoms with E-state index < -0.39 is 0 Å². The Hall–Kier alpha value is -2.06. The molecule has 8 heteroatoms. The van der Waals surface area contributed by atoms with Crippen LogP contribution in [0, 0.1) is 0 Å². The Balaban J connectivity index is 1.49. The molecule has 1 saturated heterocycles. The van der Waals surface area contributed by atoms with Gasteiger partial charge in [-0.1, -0.05) is 13.8 Å². The van der Waals surface area contributed by atoms with Crippen LogP contribution < -0.4 is 5.32 Å². The number of nitrogens with one attached hydrogen (secondary N) is 1. The summed E-state index contributed by atoms with van der Waals surface area (Å²) in [5, 5.41) is 19.3. The van der Waals surface area contributed by atoms with Gasteiger partial charge in [0.25, 0.3) is 0 Å². The first-order valence-electron chi connectivity index (χ1n) is 7.88. The molecule has 0 aromatic carbocycles. The van der Waals surface area contributed by atoms with Crippen molar-refractivity contribution in [3.05, 3.63) is 30.1 Å². The highest BCUT2D eigenvalue weighted by Gasteiger charge is 2.22. The SMILES string of the molecule is CC(C)c1nnc(CN2CCO[C@H](CNc3cccnn3)C2)o1. The third-order valence-electron chi connectivity index (χ3n) is 3.64. The largest absolute Gasteiger partial charge is 0.424 e. The second kappa shape index (κ2) is 7.47. The Labute approximate surface area is 135 Å². The number of morpholine rings is 1. The Kier molecular flexibility index (Phi) is 5.14. The van der Waals surface area contributed by atoms with Crippen LogP contribution in [-0.2, 0) is 11.3 Å². The van der Waals surface area contributed by atoms with Gasteiger partial charge in [-0.2, -0.15) is 5.10 Å². The molecule has 0 radical (unpaired) electrons. The molecule has 0 aliphatic carbocycles. The number of aromatic nitrogens is 4. The van der Waals surface area contributed by atoms with E-state index in [-0.39, 0.29) is 12.0 Å². The van der Waals surface area contributed by atoms with Crippen LogP contribution in [0.3, 0.4) is 0 Å². The van der Waals surface area contributed by atoms with Crippen molar-refractivity contribution in [1.82, 2.24) is 25.3 Å². The molecule has 3 rings (SSSR count). The second-order valence-electron chi connectivity index (χ2n) is 5.91. The molecule has 1 N–H and O–H groups in total. The molecule has 3 heterocycles. The molecule has 1 aliphatic heterocycles. The van der Waals surface area contributed by atoms with Crippen LogP contribution in [0.4, 0.5) is 5.82 Å². The second-order valence-corrected chi connectivity index (χ2v) is 5.91. The molecule has 0 amide bonds. The van der Waals surface area contributed by atoms with Gasteiger partial charge in [0.2, 0.25) is 11.8 Å². The van der Waals surface area contributed by atoms with E-state index in [4.69, 9.17) is 9.15 Å². The maximum atomic E-state index is 5.79. The van der Waals surface area contributed by atoms with E-state index in [2.05, 4.69) is 30.6 Å². The summed E-state index contributed by atoms with van der Waals surface area (Å²) in [6.45, 7) is 7.80. The highest BCUT2D eigenvalue weighted by Crippen LogP contribution is 2.15. The van der Waals surface area contributed by atoms with Gasteiger partial charge in [0.1, 0.15) is 5.82 Å². The first kappa shape index (κ1) is 15.8. The monoisotopic (exact) mass is 318 g/mol. The zero-order valence-electron chi connectivity index (χ0n) is 13.5. The standard InChI is InChI=1S/C15H22N6O2/c1-11(2)15-20-19-14(23-15)10-21-6-7-22-12(9-21)8-16-13-4-3-5-17-18-13/h3-5,11-12H,6-10H2,1-2H3,(H,16,18)/t12-/m1/s1. The average Bonchev–Trinajstić information content (AvgIpc) is 3.03. The lowest BCUT2D eigenvalue weighted by molar-refractivity contribution is -0.0265. The van der Waals surface area contributed by atoms with Crippen LogP contribution in [0.5, 0.6) is 0 Å². The molecule has 0 bridgehead atoms. The van der Waals surface area contributed by atoms with Gasteiger partial charge >= 0.3 is 0 Å². The summed E-state index contributed by atoms with van der Waals surface area (Å²) >= 11 is 0. The highest BCUT2D eigenvalue weighted by atomic mass is 16.5. The van der Waals surface area contributed by atoms with E-state index in [0.717, 1.165) is 18.9 Å². The summed E-state index contributed by atoms with van der Waals surface area (Å²) in [6.07, 6.45) is 1.75. The van der Waals surface area contributed by atoms with Crippen LogP contribution in [0.2, 0.25) is 0 Å². The summed E-state index contributed by atoms with van der Waals surface area (Å²) in [5.41, 5.74) is 0. The van der Waals surface area contributed by atoms with Crippen LogP contribution in [0.1, 0.15) is 31.5 Å². The summed E-state index contributed by atoms with van der Waals surface area (Å²) in [5.74, 6) is 2.36. The van der Waals surface area contributed by atoms with Crippen LogP contribution in [-0.4, -0.2) is 57.6 Å². The Morgan fingerprint density at radius 1 is 1.35 bits per heavy atom. The molecule has 8 nitrogen and oxygen atoms in total. The Bertz CT molecular complexity index is 603. The molecule has 1 atom stereocenters. The van der Waals surface area contributed by atoms with Gasteiger partial charge in [0, 0.05) is 31.7 Å². The number of ether oxygens (including phenoxy) is 1.